The van der Waals surface area contributed by atoms with Crippen LogP contribution in [0.25, 0.3) is 17.4 Å². The standard InChI is InChI=1S/C21H13N3O6/c25-18-16(19(26)24(21(29)23-18)12-7-9-22-10-8-12)11-13-5-6-17(30-13)14-3-1-2-4-15(14)20(27)28/h1-11H,(H,27,28)(H,23,25,29)/b16-11+. The fourth-order valence-corrected chi connectivity index (χ4v) is 2.99. The lowest BCUT2D eigenvalue weighted by atomic mass is 10.1. The number of amides is 4. The minimum Gasteiger partial charge on any atom is -0.478 e. The van der Waals surface area contributed by atoms with Gasteiger partial charge in [-0.3, -0.25) is 19.9 Å². The van der Waals surface area contributed by atoms with Gasteiger partial charge in [0.25, 0.3) is 11.8 Å². The molecule has 0 atom stereocenters. The van der Waals surface area contributed by atoms with Gasteiger partial charge in [0.05, 0.1) is 11.3 Å². The van der Waals surface area contributed by atoms with E-state index in [-0.39, 0.29) is 28.3 Å². The molecule has 1 saturated heterocycles. The highest BCUT2D eigenvalue weighted by atomic mass is 16.4. The Bertz CT molecular complexity index is 1210. The topological polar surface area (TPSA) is 130 Å². The molecule has 2 N–H and O–H groups in total. The molecule has 4 rings (SSSR count). The molecule has 0 bridgehead atoms. The number of benzene rings is 1. The maximum atomic E-state index is 12.8. The van der Waals surface area contributed by atoms with Crippen LogP contribution in [0.5, 0.6) is 0 Å². The number of barbiturate groups is 1. The summed E-state index contributed by atoms with van der Waals surface area (Å²) < 4.78 is 5.64. The number of aromatic nitrogens is 1. The Balaban J connectivity index is 1.70. The van der Waals surface area contributed by atoms with E-state index in [4.69, 9.17) is 4.42 Å². The molecule has 1 aliphatic heterocycles. The molecule has 9 heteroatoms. The quantitative estimate of drug-likeness (QED) is 0.506. The van der Waals surface area contributed by atoms with E-state index in [2.05, 4.69) is 10.3 Å². The molecule has 0 spiro atoms. The Morgan fingerprint density at radius 3 is 2.50 bits per heavy atom. The van der Waals surface area contributed by atoms with Gasteiger partial charge in [-0.25, -0.2) is 14.5 Å². The fraction of sp³-hybridized carbons (Fsp3) is 0. The highest BCUT2D eigenvalue weighted by Gasteiger charge is 2.37. The normalized spacial score (nSPS) is 15.4. The van der Waals surface area contributed by atoms with E-state index < -0.39 is 23.8 Å². The predicted octanol–water partition coefficient (Wildman–Crippen LogP) is 2.71. The van der Waals surface area contributed by atoms with Crippen molar-refractivity contribution >= 4 is 35.6 Å². The fourth-order valence-electron chi connectivity index (χ4n) is 2.99. The number of urea groups is 1. The number of hydrogen-bond donors (Lipinski definition) is 2. The predicted molar refractivity (Wildman–Crippen MR) is 104 cm³/mol. The number of carbonyl (C=O) groups excluding carboxylic acids is 3. The van der Waals surface area contributed by atoms with Gasteiger partial charge in [-0.1, -0.05) is 18.2 Å². The highest BCUT2D eigenvalue weighted by Crippen LogP contribution is 2.28. The first-order valence-electron chi connectivity index (χ1n) is 8.69. The zero-order valence-electron chi connectivity index (χ0n) is 15.2. The van der Waals surface area contributed by atoms with Gasteiger partial charge in [0, 0.05) is 18.0 Å². The van der Waals surface area contributed by atoms with Crippen LogP contribution in [0.3, 0.4) is 0 Å². The molecule has 0 saturated carbocycles. The molecule has 148 valence electrons. The maximum Gasteiger partial charge on any atom is 0.336 e. The lowest BCUT2D eigenvalue weighted by Crippen LogP contribution is -2.54. The summed E-state index contributed by atoms with van der Waals surface area (Å²) in [6.45, 7) is 0. The molecular formula is C21H13N3O6. The van der Waals surface area contributed by atoms with Gasteiger partial charge in [0.15, 0.2) is 0 Å². The number of carboxylic acids is 1. The molecule has 3 heterocycles. The first kappa shape index (κ1) is 18.8. The molecule has 1 fully saturated rings. The van der Waals surface area contributed by atoms with Crippen molar-refractivity contribution in [1.29, 1.82) is 0 Å². The van der Waals surface area contributed by atoms with E-state index in [1.54, 1.807) is 18.2 Å². The van der Waals surface area contributed by atoms with Crippen LogP contribution in [0.15, 0.2) is 70.9 Å². The number of furan rings is 1. The van der Waals surface area contributed by atoms with E-state index in [0.29, 0.717) is 5.56 Å². The van der Waals surface area contributed by atoms with E-state index in [9.17, 15) is 24.3 Å². The van der Waals surface area contributed by atoms with Crippen molar-refractivity contribution in [3.63, 3.8) is 0 Å². The Morgan fingerprint density at radius 2 is 1.77 bits per heavy atom. The average Bonchev–Trinajstić information content (AvgIpc) is 3.20. The maximum absolute atomic E-state index is 12.8. The van der Waals surface area contributed by atoms with E-state index in [1.165, 1.54) is 48.8 Å². The number of nitrogens with one attached hydrogen (secondary N) is 1. The largest absolute Gasteiger partial charge is 0.478 e. The zero-order valence-corrected chi connectivity index (χ0v) is 15.2. The van der Waals surface area contributed by atoms with Gasteiger partial charge in [0.2, 0.25) is 0 Å². The van der Waals surface area contributed by atoms with E-state index in [0.717, 1.165) is 4.90 Å². The minimum absolute atomic E-state index is 0.0481. The monoisotopic (exact) mass is 403 g/mol. The second-order valence-corrected chi connectivity index (χ2v) is 6.22. The summed E-state index contributed by atoms with van der Waals surface area (Å²) >= 11 is 0. The van der Waals surface area contributed by atoms with E-state index in [1.807, 2.05) is 0 Å². The summed E-state index contributed by atoms with van der Waals surface area (Å²) in [5.41, 5.74) is 0.343. The molecule has 1 aliphatic rings. The van der Waals surface area contributed by atoms with Gasteiger partial charge in [0.1, 0.15) is 17.1 Å². The lowest BCUT2D eigenvalue weighted by Gasteiger charge is -2.25. The average molecular weight is 403 g/mol. The zero-order chi connectivity index (χ0) is 21.3. The number of imide groups is 2. The third-order valence-electron chi connectivity index (χ3n) is 4.36. The summed E-state index contributed by atoms with van der Waals surface area (Å²) in [7, 11) is 0. The first-order valence-corrected chi connectivity index (χ1v) is 8.69. The van der Waals surface area contributed by atoms with Crippen molar-refractivity contribution in [2.24, 2.45) is 0 Å². The summed E-state index contributed by atoms with van der Waals surface area (Å²) in [4.78, 5) is 53.3. The molecule has 2 aromatic heterocycles. The van der Waals surface area contributed by atoms with Crippen molar-refractivity contribution in [2.45, 2.75) is 0 Å². The number of pyridine rings is 1. The number of aromatic carboxylic acids is 1. The van der Waals surface area contributed by atoms with Crippen LogP contribution in [0.1, 0.15) is 16.1 Å². The number of anilines is 1. The smallest absolute Gasteiger partial charge is 0.336 e. The van der Waals surface area contributed by atoms with Gasteiger partial charge in [-0.2, -0.15) is 0 Å². The third-order valence-corrected chi connectivity index (χ3v) is 4.36. The molecule has 3 aromatic rings. The molecule has 1 aromatic carbocycles. The summed E-state index contributed by atoms with van der Waals surface area (Å²) in [5, 5.41) is 11.4. The molecule has 0 unspecified atom stereocenters. The molecular weight excluding hydrogens is 390 g/mol. The van der Waals surface area contributed by atoms with Gasteiger partial charge < -0.3 is 9.52 Å². The number of carbonyl (C=O) groups is 4. The molecule has 0 aliphatic carbocycles. The first-order chi connectivity index (χ1) is 14.5. The van der Waals surface area contributed by atoms with Gasteiger partial charge in [-0.05, 0) is 36.4 Å². The van der Waals surface area contributed by atoms with Crippen LogP contribution in [-0.2, 0) is 9.59 Å². The summed E-state index contributed by atoms with van der Waals surface area (Å²) in [6, 6.07) is 11.4. The number of carboxylic acid groups (broad SMARTS) is 1. The van der Waals surface area contributed by atoms with Gasteiger partial charge in [-0.15, -0.1) is 0 Å². The Morgan fingerprint density at radius 1 is 1.03 bits per heavy atom. The van der Waals surface area contributed by atoms with Crippen LogP contribution < -0.4 is 10.2 Å². The third kappa shape index (κ3) is 3.35. The summed E-state index contributed by atoms with van der Waals surface area (Å²) in [5.74, 6) is -2.40. The van der Waals surface area contributed by atoms with Crippen molar-refractivity contribution in [3.8, 4) is 11.3 Å². The molecule has 4 amide bonds. The van der Waals surface area contributed by atoms with E-state index >= 15 is 0 Å². The highest BCUT2D eigenvalue weighted by molar-refractivity contribution is 6.39. The van der Waals surface area contributed by atoms with Crippen molar-refractivity contribution in [3.05, 3.63) is 77.8 Å². The van der Waals surface area contributed by atoms with Crippen LogP contribution in [0.2, 0.25) is 0 Å². The SMILES string of the molecule is O=C1NC(=O)N(c2ccncc2)C(=O)/C1=C/c1ccc(-c2ccccc2C(=O)O)o1. The Labute approximate surface area is 169 Å². The Kier molecular flexibility index (Phi) is 4.69. The van der Waals surface area contributed by atoms with Crippen LogP contribution >= 0.6 is 0 Å². The van der Waals surface area contributed by atoms with Crippen LogP contribution in [-0.4, -0.2) is 33.9 Å². The second kappa shape index (κ2) is 7.47. The molecule has 9 nitrogen and oxygen atoms in total. The number of hydrogen-bond acceptors (Lipinski definition) is 6. The number of nitrogens with zero attached hydrogens (tertiary/aromatic N) is 2. The Hall–Kier alpha value is -4.53. The minimum atomic E-state index is -1.12. The van der Waals surface area contributed by atoms with Crippen molar-refractivity contribution in [1.82, 2.24) is 10.3 Å². The van der Waals surface area contributed by atoms with Crippen LogP contribution in [0.4, 0.5) is 10.5 Å². The van der Waals surface area contributed by atoms with Crippen molar-refractivity contribution < 1.29 is 28.7 Å². The molecule has 30 heavy (non-hydrogen) atoms. The summed E-state index contributed by atoms with van der Waals surface area (Å²) in [6.07, 6.45) is 4.02. The van der Waals surface area contributed by atoms with Crippen LogP contribution in [0, 0.1) is 0 Å². The second-order valence-electron chi connectivity index (χ2n) is 6.22. The molecule has 0 radical (unpaired) electrons. The number of rotatable bonds is 4. The van der Waals surface area contributed by atoms with Crippen molar-refractivity contribution in [2.75, 3.05) is 4.90 Å². The van der Waals surface area contributed by atoms with Gasteiger partial charge >= 0.3 is 12.0 Å². The lowest BCUT2D eigenvalue weighted by molar-refractivity contribution is -0.122.